The van der Waals surface area contributed by atoms with Gasteiger partial charge in [0.25, 0.3) is 0 Å². The molecule has 20 heavy (non-hydrogen) atoms. The second kappa shape index (κ2) is 5.73. The van der Waals surface area contributed by atoms with Crippen molar-refractivity contribution in [1.29, 1.82) is 0 Å². The molecule has 0 amide bonds. The van der Waals surface area contributed by atoms with Crippen LogP contribution in [0.15, 0.2) is 29.6 Å². The van der Waals surface area contributed by atoms with Gasteiger partial charge in [0.1, 0.15) is 10.8 Å². The van der Waals surface area contributed by atoms with Crippen molar-refractivity contribution < 1.29 is 0 Å². The van der Waals surface area contributed by atoms with E-state index in [1.807, 2.05) is 24.3 Å². The van der Waals surface area contributed by atoms with Crippen LogP contribution in [-0.2, 0) is 13.0 Å². The third-order valence-electron chi connectivity index (χ3n) is 3.05. The number of aromatic nitrogens is 3. The fraction of sp³-hybridized carbons (Fsp3) is 0.333. The average molecular weight is 286 g/mol. The highest BCUT2D eigenvalue weighted by Gasteiger charge is 2.07. The molecule has 0 aliphatic rings. The molecular weight excluding hydrogens is 268 g/mol. The lowest BCUT2D eigenvalue weighted by Gasteiger charge is -2.04. The van der Waals surface area contributed by atoms with E-state index in [1.54, 1.807) is 11.3 Å². The average Bonchev–Trinajstić information content (AvgIpc) is 3.02. The summed E-state index contributed by atoms with van der Waals surface area (Å²) in [7, 11) is 0. The molecule has 5 heteroatoms. The number of nitrogens with one attached hydrogen (secondary N) is 2. The minimum Gasteiger partial charge on any atom is -0.342 e. The molecule has 0 atom stereocenters. The minimum atomic E-state index is 0.482. The highest BCUT2D eigenvalue weighted by atomic mass is 32.1. The standard InChI is InChI=1S/C15H18N4S/c1-10(2)16-8-11-9-20-15(17-11)7-14-18-12-5-3-4-6-13(12)19-14/h3-6,9-10,16H,7-8H2,1-2H3,(H,18,19). The normalized spacial score (nSPS) is 11.6. The van der Waals surface area contributed by atoms with E-state index in [4.69, 9.17) is 0 Å². The van der Waals surface area contributed by atoms with Crippen molar-refractivity contribution in [3.63, 3.8) is 0 Å². The molecule has 2 heterocycles. The summed E-state index contributed by atoms with van der Waals surface area (Å²) in [4.78, 5) is 12.6. The Kier molecular flexibility index (Phi) is 3.80. The number of thiazole rings is 1. The van der Waals surface area contributed by atoms with Gasteiger partial charge in [-0.2, -0.15) is 0 Å². The minimum absolute atomic E-state index is 0.482. The number of para-hydroxylation sites is 2. The Hall–Kier alpha value is -1.72. The third-order valence-corrected chi connectivity index (χ3v) is 3.95. The zero-order valence-corrected chi connectivity index (χ0v) is 12.5. The molecule has 104 valence electrons. The fourth-order valence-electron chi connectivity index (χ4n) is 2.05. The molecule has 0 aliphatic heterocycles. The Bertz CT molecular complexity index is 666. The van der Waals surface area contributed by atoms with Crippen molar-refractivity contribution >= 4 is 22.4 Å². The molecule has 2 N–H and O–H groups in total. The van der Waals surface area contributed by atoms with Crippen LogP contribution in [0.5, 0.6) is 0 Å². The van der Waals surface area contributed by atoms with Crippen molar-refractivity contribution in [3.05, 3.63) is 46.2 Å². The summed E-state index contributed by atoms with van der Waals surface area (Å²) in [5.41, 5.74) is 3.20. The van der Waals surface area contributed by atoms with Gasteiger partial charge >= 0.3 is 0 Å². The van der Waals surface area contributed by atoms with Crippen LogP contribution in [0.4, 0.5) is 0 Å². The topological polar surface area (TPSA) is 53.6 Å². The Balaban J connectivity index is 1.71. The van der Waals surface area contributed by atoms with Gasteiger partial charge in [-0.15, -0.1) is 11.3 Å². The zero-order valence-electron chi connectivity index (χ0n) is 11.7. The van der Waals surface area contributed by atoms with E-state index in [0.29, 0.717) is 6.04 Å². The van der Waals surface area contributed by atoms with Crippen molar-refractivity contribution in [3.8, 4) is 0 Å². The quantitative estimate of drug-likeness (QED) is 0.757. The van der Waals surface area contributed by atoms with Crippen LogP contribution in [-0.4, -0.2) is 21.0 Å². The lowest BCUT2D eigenvalue weighted by atomic mass is 10.3. The Morgan fingerprint density at radius 2 is 2.10 bits per heavy atom. The third kappa shape index (κ3) is 3.05. The fourth-order valence-corrected chi connectivity index (χ4v) is 2.85. The smallest absolute Gasteiger partial charge is 0.114 e. The molecule has 0 fully saturated rings. The maximum atomic E-state index is 4.64. The van der Waals surface area contributed by atoms with E-state index < -0.39 is 0 Å². The molecule has 3 rings (SSSR count). The second-order valence-corrected chi connectivity index (χ2v) is 6.09. The number of benzene rings is 1. The van der Waals surface area contributed by atoms with E-state index >= 15 is 0 Å². The van der Waals surface area contributed by atoms with Crippen LogP contribution in [0.25, 0.3) is 11.0 Å². The summed E-state index contributed by atoms with van der Waals surface area (Å²) in [5.74, 6) is 0.976. The van der Waals surface area contributed by atoms with Gasteiger partial charge in [-0.05, 0) is 12.1 Å². The van der Waals surface area contributed by atoms with Crippen molar-refractivity contribution in [2.75, 3.05) is 0 Å². The molecule has 0 spiro atoms. The summed E-state index contributed by atoms with van der Waals surface area (Å²) < 4.78 is 0. The number of hydrogen-bond donors (Lipinski definition) is 2. The molecule has 0 saturated heterocycles. The van der Waals surface area contributed by atoms with E-state index in [2.05, 4.69) is 39.5 Å². The first-order valence-corrected chi connectivity index (χ1v) is 7.69. The SMILES string of the molecule is CC(C)NCc1csc(Cc2nc3ccccc3[nH]2)n1. The monoisotopic (exact) mass is 286 g/mol. The molecule has 0 unspecified atom stereocenters. The van der Waals surface area contributed by atoms with E-state index in [1.165, 1.54) is 0 Å². The first-order valence-electron chi connectivity index (χ1n) is 6.81. The summed E-state index contributed by atoms with van der Waals surface area (Å²) in [6, 6.07) is 8.58. The number of hydrogen-bond acceptors (Lipinski definition) is 4. The van der Waals surface area contributed by atoms with Crippen LogP contribution < -0.4 is 5.32 Å². The summed E-state index contributed by atoms with van der Waals surface area (Å²) >= 11 is 1.69. The molecule has 0 bridgehead atoms. The van der Waals surface area contributed by atoms with Crippen molar-refractivity contribution in [2.24, 2.45) is 0 Å². The summed E-state index contributed by atoms with van der Waals surface area (Å²) in [6.45, 7) is 5.11. The first kappa shape index (κ1) is 13.3. The van der Waals surface area contributed by atoms with Gasteiger partial charge < -0.3 is 10.3 Å². The van der Waals surface area contributed by atoms with Crippen LogP contribution in [0.3, 0.4) is 0 Å². The highest BCUT2D eigenvalue weighted by molar-refractivity contribution is 7.09. The van der Waals surface area contributed by atoms with E-state index in [-0.39, 0.29) is 0 Å². The molecular formula is C15H18N4S. The van der Waals surface area contributed by atoms with E-state index in [0.717, 1.165) is 40.5 Å². The summed E-state index contributed by atoms with van der Waals surface area (Å²) in [6.07, 6.45) is 0.765. The molecule has 1 aromatic carbocycles. The van der Waals surface area contributed by atoms with Gasteiger partial charge in [0.05, 0.1) is 23.1 Å². The van der Waals surface area contributed by atoms with Crippen LogP contribution >= 0.6 is 11.3 Å². The lowest BCUT2D eigenvalue weighted by molar-refractivity contribution is 0.582. The highest BCUT2D eigenvalue weighted by Crippen LogP contribution is 2.16. The van der Waals surface area contributed by atoms with Gasteiger partial charge in [0.2, 0.25) is 0 Å². The van der Waals surface area contributed by atoms with Gasteiger partial charge in [-0.25, -0.2) is 9.97 Å². The molecule has 0 radical (unpaired) electrons. The van der Waals surface area contributed by atoms with Gasteiger partial charge in [0.15, 0.2) is 0 Å². The number of rotatable bonds is 5. The van der Waals surface area contributed by atoms with Crippen LogP contribution in [0.1, 0.15) is 30.4 Å². The maximum absolute atomic E-state index is 4.64. The Morgan fingerprint density at radius 1 is 1.25 bits per heavy atom. The van der Waals surface area contributed by atoms with Crippen LogP contribution in [0.2, 0.25) is 0 Å². The number of imidazole rings is 1. The molecule has 3 aromatic rings. The first-order chi connectivity index (χ1) is 9.70. The number of aromatic amines is 1. The largest absolute Gasteiger partial charge is 0.342 e. The van der Waals surface area contributed by atoms with Gasteiger partial charge in [0, 0.05) is 18.0 Å². The Labute approximate surface area is 122 Å². The molecule has 2 aromatic heterocycles. The maximum Gasteiger partial charge on any atom is 0.114 e. The van der Waals surface area contributed by atoms with Crippen molar-refractivity contribution in [1.82, 2.24) is 20.3 Å². The lowest BCUT2D eigenvalue weighted by Crippen LogP contribution is -2.21. The van der Waals surface area contributed by atoms with E-state index in [9.17, 15) is 0 Å². The Morgan fingerprint density at radius 3 is 2.90 bits per heavy atom. The molecule has 4 nitrogen and oxygen atoms in total. The predicted octanol–water partition coefficient (Wildman–Crippen LogP) is 3.11. The predicted molar refractivity (Wildman–Crippen MR) is 83.0 cm³/mol. The van der Waals surface area contributed by atoms with Gasteiger partial charge in [-0.1, -0.05) is 26.0 Å². The van der Waals surface area contributed by atoms with Crippen LogP contribution in [0, 0.1) is 0 Å². The van der Waals surface area contributed by atoms with Crippen molar-refractivity contribution in [2.45, 2.75) is 32.9 Å². The number of fused-ring (bicyclic) bond motifs is 1. The summed E-state index contributed by atoms with van der Waals surface area (Å²) in [5, 5.41) is 6.60. The second-order valence-electron chi connectivity index (χ2n) is 5.15. The number of H-pyrrole nitrogens is 1. The zero-order chi connectivity index (χ0) is 13.9. The number of nitrogens with zero attached hydrogens (tertiary/aromatic N) is 2. The molecule has 0 saturated carbocycles. The molecule has 0 aliphatic carbocycles. The van der Waals surface area contributed by atoms with Gasteiger partial charge in [-0.3, -0.25) is 0 Å².